The van der Waals surface area contributed by atoms with Gasteiger partial charge in [0.2, 0.25) is 5.89 Å². The summed E-state index contributed by atoms with van der Waals surface area (Å²) in [5.41, 5.74) is 5.41. The summed E-state index contributed by atoms with van der Waals surface area (Å²) in [5, 5.41) is 9.76. The van der Waals surface area contributed by atoms with Crippen LogP contribution in [0.2, 0.25) is 0 Å². The van der Waals surface area contributed by atoms with E-state index < -0.39 is 0 Å². The van der Waals surface area contributed by atoms with Gasteiger partial charge in [0.15, 0.2) is 5.82 Å². The molecule has 2 aromatic heterocycles. The van der Waals surface area contributed by atoms with E-state index in [-0.39, 0.29) is 0 Å². The Bertz CT molecular complexity index is 851. The van der Waals surface area contributed by atoms with Crippen LogP contribution in [0.15, 0.2) is 39.7 Å². The summed E-state index contributed by atoms with van der Waals surface area (Å²) >= 11 is 1.63. The summed E-state index contributed by atoms with van der Waals surface area (Å²) in [7, 11) is 0. The van der Waals surface area contributed by atoms with Crippen molar-refractivity contribution >= 4 is 17.0 Å². The Kier molecular flexibility index (Phi) is 6.02. The number of hydrogen-bond acceptors (Lipinski definition) is 7. The van der Waals surface area contributed by atoms with E-state index in [9.17, 15) is 0 Å². The van der Waals surface area contributed by atoms with E-state index in [2.05, 4.69) is 68.8 Å². The van der Waals surface area contributed by atoms with Crippen LogP contribution in [0.5, 0.6) is 0 Å². The van der Waals surface area contributed by atoms with Crippen molar-refractivity contribution in [1.82, 2.24) is 20.4 Å². The zero-order valence-electron chi connectivity index (χ0n) is 16.5. The molecule has 1 saturated heterocycles. The fraction of sp³-hybridized carbons (Fsp3) is 0.476. The molecule has 3 aromatic rings. The predicted octanol–water partition coefficient (Wildman–Crippen LogP) is 4.12. The molecule has 0 saturated carbocycles. The van der Waals surface area contributed by atoms with Crippen LogP contribution in [0.3, 0.4) is 0 Å². The molecular formula is C21H27N5OS. The lowest BCUT2D eigenvalue weighted by Gasteiger charge is -2.34. The maximum Gasteiger partial charge on any atom is 0.227 e. The smallest absolute Gasteiger partial charge is 0.227 e. The standard InChI is InChI=1S/C21H27N5OS/c1-15(2)21-24-20(27-25-21)7-10-22-17-8-11-26(12-9-17)18-5-3-16(4-6-18)19-13-28-14-23-19/h3-6,13-15,17,22H,7-12H2,1-2H3. The first kappa shape index (κ1) is 19.1. The Hall–Kier alpha value is -2.25. The van der Waals surface area contributed by atoms with Crippen LogP contribution < -0.4 is 10.2 Å². The minimum atomic E-state index is 0.311. The van der Waals surface area contributed by atoms with E-state index in [1.54, 1.807) is 11.3 Å². The van der Waals surface area contributed by atoms with Crippen LogP contribution in [0.1, 0.15) is 44.3 Å². The Morgan fingerprint density at radius 3 is 2.64 bits per heavy atom. The first-order chi connectivity index (χ1) is 13.7. The molecule has 0 radical (unpaired) electrons. The van der Waals surface area contributed by atoms with Gasteiger partial charge in [0.05, 0.1) is 11.2 Å². The van der Waals surface area contributed by atoms with Crippen molar-refractivity contribution in [2.45, 2.75) is 45.1 Å². The SMILES string of the molecule is CC(C)c1noc(CCNC2CCN(c3ccc(-c4cscn4)cc3)CC2)n1. The largest absolute Gasteiger partial charge is 0.371 e. The first-order valence-corrected chi connectivity index (χ1v) is 10.9. The molecule has 0 unspecified atom stereocenters. The molecule has 0 amide bonds. The molecule has 1 aromatic carbocycles. The van der Waals surface area contributed by atoms with Gasteiger partial charge in [0, 0.05) is 54.6 Å². The second kappa shape index (κ2) is 8.84. The zero-order chi connectivity index (χ0) is 19.3. The number of nitrogens with zero attached hydrogens (tertiary/aromatic N) is 4. The summed E-state index contributed by atoms with van der Waals surface area (Å²) in [4.78, 5) is 11.3. The molecule has 1 aliphatic heterocycles. The minimum absolute atomic E-state index is 0.311. The number of thiazole rings is 1. The number of piperidine rings is 1. The molecule has 7 heteroatoms. The lowest BCUT2D eigenvalue weighted by Crippen LogP contribution is -2.43. The molecule has 6 nitrogen and oxygen atoms in total. The van der Waals surface area contributed by atoms with Gasteiger partial charge >= 0.3 is 0 Å². The molecule has 1 aliphatic rings. The van der Waals surface area contributed by atoms with Gasteiger partial charge in [-0.2, -0.15) is 4.98 Å². The van der Waals surface area contributed by atoms with Crippen LogP contribution in [0, 0.1) is 0 Å². The van der Waals surface area contributed by atoms with Crippen LogP contribution in [-0.2, 0) is 6.42 Å². The Morgan fingerprint density at radius 2 is 2.00 bits per heavy atom. The molecular weight excluding hydrogens is 370 g/mol. The predicted molar refractivity (Wildman–Crippen MR) is 113 cm³/mol. The molecule has 1 fully saturated rings. The van der Waals surface area contributed by atoms with Crippen molar-refractivity contribution in [3.8, 4) is 11.3 Å². The number of benzene rings is 1. The molecule has 4 rings (SSSR count). The average Bonchev–Trinajstić information content (AvgIpc) is 3.41. The van der Waals surface area contributed by atoms with E-state index in [4.69, 9.17) is 4.52 Å². The molecule has 0 bridgehead atoms. The normalized spacial score (nSPS) is 15.5. The fourth-order valence-corrected chi connectivity index (χ4v) is 4.09. The van der Waals surface area contributed by atoms with Crippen molar-refractivity contribution in [2.24, 2.45) is 0 Å². The van der Waals surface area contributed by atoms with Crippen molar-refractivity contribution in [3.05, 3.63) is 46.9 Å². The van der Waals surface area contributed by atoms with Gasteiger partial charge in [-0.25, -0.2) is 4.98 Å². The Morgan fingerprint density at radius 1 is 1.21 bits per heavy atom. The highest BCUT2D eigenvalue weighted by atomic mass is 32.1. The third-order valence-electron chi connectivity index (χ3n) is 5.23. The second-order valence-corrected chi connectivity index (χ2v) is 8.31. The monoisotopic (exact) mass is 397 g/mol. The number of aromatic nitrogens is 3. The first-order valence-electron chi connectivity index (χ1n) is 9.98. The van der Waals surface area contributed by atoms with Gasteiger partial charge in [-0.3, -0.25) is 0 Å². The highest BCUT2D eigenvalue weighted by Crippen LogP contribution is 2.25. The molecule has 3 heterocycles. The average molecular weight is 398 g/mol. The second-order valence-electron chi connectivity index (χ2n) is 7.59. The van der Waals surface area contributed by atoms with Gasteiger partial charge in [0.25, 0.3) is 0 Å². The van der Waals surface area contributed by atoms with Crippen LogP contribution in [0.25, 0.3) is 11.3 Å². The summed E-state index contributed by atoms with van der Waals surface area (Å²) in [5.74, 6) is 1.84. The zero-order valence-corrected chi connectivity index (χ0v) is 17.3. The van der Waals surface area contributed by atoms with E-state index in [0.29, 0.717) is 12.0 Å². The van der Waals surface area contributed by atoms with E-state index in [1.165, 1.54) is 11.3 Å². The summed E-state index contributed by atoms with van der Waals surface area (Å²) in [6.45, 7) is 7.19. The molecule has 28 heavy (non-hydrogen) atoms. The topological polar surface area (TPSA) is 67.1 Å². The lowest BCUT2D eigenvalue weighted by molar-refractivity contribution is 0.359. The van der Waals surface area contributed by atoms with Gasteiger partial charge in [-0.05, 0) is 25.0 Å². The number of nitrogens with one attached hydrogen (secondary N) is 1. The van der Waals surface area contributed by atoms with Crippen molar-refractivity contribution in [2.75, 3.05) is 24.5 Å². The molecule has 0 atom stereocenters. The van der Waals surface area contributed by atoms with Crippen LogP contribution >= 0.6 is 11.3 Å². The lowest BCUT2D eigenvalue weighted by atomic mass is 10.0. The highest BCUT2D eigenvalue weighted by molar-refractivity contribution is 7.07. The maximum atomic E-state index is 5.31. The molecule has 0 aliphatic carbocycles. The van der Waals surface area contributed by atoms with Crippen molar-refractivity contribution in [1.29, 1.82) is 0 Å². The van der Waals surface area contributed by atoms with Gasteiger partial charge in [-0.1, -0.05) is 31.1 Å². The summed E-state index contributed by atoms with van der Waals surface area (Å²) in [6, 6.07) is 9.32. The Labute approximate surface area is 170 Å². The summed E-state index contributed by atoms with van der Waals surface area (Å²) < 4.78 is 5.31. The quantitative estimate of drug-likeness (QED) is 0.647. The van der Waals surface area contributed by atoms with Gasteiger partial charge < -0.3 is 14.7 Å². The number of anilines is 1. The summed E-state index contributed by atoms with van der Waals surface area (Å²) in [6.07, 6.45) is 3.09. The molecule has 148 valence electrons. The van der Waals surface area contributed by atoms with Gasteiger partial charge in [0.1, 0.15) is 0 Å². The maximum absolute atomic E-state index is 5.31. The minimum Gasteiger partial charge on any atom is -0.371 e. The van der Waals surface area contributed by atoms with E-state index in [1.807, 2.05) is 5.51 Å². The molecule has 1 N–H and O–H groups in total. The molecule has 0 spiro atoms. The number of rotatable bonds is 7. The van der Waals surface area contributed by atoms with E-state index >= 15 is 0 Å². The highest BCUT2D eigenvalue weighted by Gasteiger charge is 2.19. The van der Waals surface area contributed by atoms with Crippen LogP contribution in [-0.4, -0.2) is 40.8 Å². The third kappa shape index (κ3) is 4.59. The third-order valence-corrected chi connectivity index (χ3v) is 5.81. The number of hydrogen-bond donors (Lipinski definition) is 1. The van der Waals surface area contributed by atoms with Gasteiger partial charge in [-0.15, -0.1) is 11.3 Å². The van der Waals surface area contributed by atoms with Crippen molar-refractivity contribution in [3.63, 3.8) is 0 Å². The van der Waals surface area contributed by atoms with E-state index in [0.717, 1.165) is 56.3 Å². The van der Waals surface area contributed by atoms with Crippen molar-refractivity contribution < 1.29 is 4.52 Å². The van der Waals surface area contributed by atoms with Crippen LogP contribution in [0.4, 0.5) is 5.69 Å². The Balaban J connectivity index is 1.22. The fourth-order valence-electron chi connectivity index (χ4n) is 3.53.